The maximum Gasteiger partial charge on any atom is 0.141 e. The minimum atomic E-state index is 0.800. The highest BCUT2D eigenvalue weighted by Gasteiger charge is 2.05. The molecule has 0 radical (unpaired) electrons. The van der Waals surface area contributed by atoms with Crippen molar-refractivity contribution in [3.8, 4) is 11.5 Å². The molecule has 0 atom stereocenters. The summed E-state index contributed by atoms with van der Waals surface area (Å²) in [5.74, 6) is 1.61. The fourth-order valence-corrected chi connectivity index (χ4v) is 2.17. The Morgan fingerprint density at radius 3 is 2.50 bits per heavy atom. The Balaban J connectivity index is 2.08. The molecule has 0 saturated heterocycles. The van der Waals surface area contributed by atoms with Crippen LogP contribution in [-0.2, 0) is 0 Å². The smallest absolute Gasteiger partial charge is 0.141 e. The number of hydrogen-bond acceptors (Lipinski definition) is 2. The van der Waals surface area contributed by atoms with Gasteiger partial charge in [-0.1, -0.05) is 24.3 Å². The molecule has 0 aliphatic carbocycles. The van der Waals surface area contributed by atoms with E-state index in [1.807, 2.05) is 54.6 Å². The van der Waals surface area contributed by atoms with Crippen molar-refractivity contribution in [3.05, 3.63) is 65.3 Å². The molecule has 0 spiro atoms. The molecule has 0 unspecified atom stereocenters. The van der Waals surface area contributed by atoms with Gasteiger partial charge >= 0.3 is 0 Å². The number of pyridine rings is 1. The molecular weight excluding hydrogens is 290 g/mol. The van der Waals surface area contributed by atoms with Crippen molar-refractivity contribution in [1.29, 1.82) is 0 Å². The van der Waals surface area contributed by atoms with Gasteiger partial charge < -0.3 is 4.74 Å². The van der Waals surface area contributed by atoms with E-state index in [9.17, 15) is 0 Å². The minimum Gasteiger partial charge on any atom is -0.455 e. The fraction of sp³-hybridized carbons (Fsp3) is 0. The third-order valence-electron chi connectivity index (χ3n) is 2.67. The van der Waals surface area contributed by atoms with E-state index in [-0.39, 0.29) is 0 Å². The zero-order valence-electron chi connectivity index (χ0n) is 9.51. The topological polar surface area (TPSA) is 22.1 Å². The predicted octanol–water partition coefficient (Wildman–Crippen LogP) is 4.79. The zero-order chi connectivity index (χ0) is 12.4. The van der Waals surface area contributed by atoms with Crippen LogP contribution < -0.4 is 4.74 Å². The number of benzene rings is 2. The van der Waals surface area contributed by atoms with Crippen molar-refractivity contribution in [1.82, 2.24) is 4.98 Å². The number of para-hydroxylation sites is 2. The fourth-order valence-electron chi connectivity index (χ4n) is 1.80. The molecule has 3 aromatic rings. The number of ether oxygens (including phenoxy) is 1. The zero-order valence-corrected chi connectivity index (χ0v) is 11.1. The third kappa shape index (κ3) is 2.09. The summed E-state index contributed by atoms with van der Waals surface area (Å²) in [6.07, 6.45) is 1.76. The number of hydrogen-bond donors (Lipinski definition) is 0. The maximum absolute atomic E-state index is 5.94. The van der Waals surface area contributed by atoms with E-state index in [4.69, 9.17) is 4.74 Å². The molecule has 18 heavy (non-hydrogen) atoms. The van der Waals surface area contributed by atoms with E-state index in [1.165, 1.54) is 0 Å². The maximum atomic E-state index is 5.94. The van der Waals surface area contributed by atoms with Crippen LogP contribution in [0.4, 0.5) is 0 Å². The standard InChI is InChI=1S/C15H10BrNO/c16-12-6-2-4-8-15(12)18-14-9-10-17-13-7-3-1-5-11(13)14/h1-10H. The predicted molar refractivity (Wildman–Crippen MR) is 76.0 cm³/mol. The van der Waals surface area contributed by atoms with E-state index < -0.39 is 0 Å². The molecular formula is C15H10BrNO. The molecule has 1 aromatic heterocycles. The summed E-state index contributed by atoms with van der Waals surface area (Å²) in [5, 5.41) is 1.01. The molecule has 0 bridgehead atoms. The van der Waals surface area contributed by atoms with E-state index >= 15 is 0 Å². The quantitative estimate of drug-likeness (QED) is 0.679. The minimum absolute atomic E-state index is 0.800. The summed E-state index contributed by atoms with van der Waals surface area (Å²) in [6, 6.07) is 17.6. The molecule has 1 heterocycles. The normalized spacial score (nSPS) is 10.5. The van der Waals surface area contributed by atoms with Gasteiger partial charge in [-0.15, -0.1) is 0 Å². The van der Waals surface area contributed by atoms with Gasteiger partial charge in [-0.3, -0.25) is 4.98 Å². The van der Waals surface area contributed by atoms with Gasteiger partial charge in [0.1, 0.15) is 11.5 Å². The van der Waals surface area contributed by atoms with Crippen molar-refractivity contribution in [2.24, 2.45) is 0 Å². The van der Waals surface area contributed by atoms with Crippen molar-refractivity contribution < 1.29 is 4.74 Å². The van der Waals surface area contributed by atoms with Gasteiger partial charge in [0.25, 0.3) is 0 Å². The molecule has 0 N–H and O–H groups in total. The first-order valence-corrected chi connectivity index (χ1v) is 6.40. The Hall–Kier alpha value is -1.87. The Morgan fingerprint density at radius 2 is 1.61 bits per heavy atom. The highest BCUT2D eigenvalue weighted by molar-refractivity contribution is 9.10. The van der Waals surface area contributed by atoms with E-state index in [0.717, 1.165) is 26.9 Å². The number of aromatic nitrogens is 1. The largest absolute Gasteiger partial charge is 0.455 e. The lowest BCUT2D eigenvalue weighted by Crippen LogP contribution is -1.88. The monoisotopic (exact) mass is 299 g/mol. The lowest BCUT2D eigenvalue weighted by Gasteiger charge is -2.09. The van der Waals surface area contributed by atoms with Gasteiger partial charge in [-0.2, -0.15) is 0 Å². The molecule has 0 aliphatic rings. The van der Waals surface area contributed by atoms with Gasteiger partial charge in [0.05, 0.1) is 9.99 Å². The summed E-state index contributed by atoms with van der Waals surface area (Å²) >= 11 is 3.48. The Kier molecular flexibility index (Phi) is 2.99. The first-order chi connectivity index (χ1) is 8.84. The second-order valence-electron chi connectivity index (χ2n) is 3.86. The summed E-state index contributed by atoms with van der Waals surface area (Å²) < 4.78 is 6.87. The Bertz CT molecular complexity index is 691. The van der Waals surface area contributed by atoms with Gasteiger partial charge in [-0.25, -0.2) is 0 Å². The molecule has 3 rings (SSSR count). The van der Waals surface area contributed by atoms with Crippen molar-refractivity contribution >= 4 is 26.8 Å². The number of halogens is 1. The van der Waals surface area contributed by atoms with Crippen LogP contribution in [0.3, 0.4) is 0 Å². The first kappa shape index (κ1) is 11.2. The van der Waals surface area contributed by atoms with E-state index in [1.54, 1.807) is 6.20 Å². The average Bonchev–Trinajstić information content (AvgIpc) is 2.42. The van der Waals surface area contributed by atoms with E-state index in [0.29, 0.717) is 0 Å². The van der Waals surface area contributed by atoms with Gasteiger partial charge in [-0.05, 0) is 46.3 Å². The number of nitrogens with zero attached hydrogens (tertiary/aromatic N) is 1. The van der Waals surface area contributed by atoms with Crippen molar-refractivity contribution in [3.63, 3.8) is 0 Å². The highest BCUT2D eigenvalue weighted by Crippen LogP contribution is 2.32. The van der Waals surface area contributed by atoms with Crippen LogP contribution in [0.5, 0.6) is 11.5 Å². The second kappa shape index (κ2) is 4.78. The Morgan fingerprint density at radius 1 is 0.833 bits per heavy atom. The molecule has 0 aliphatic heterocycles. The van der Waals surface area contributed by atoms with Crippen molar-refractivity contribution in [2.45, 2.75) is 0 Å². The first-order valence-electron chi connectivity index (χ1n) is 5.61. The lowest BCUT2D eigenvalue weighted by atomic mass is 10.2. The summed E-state index contributed by atoms with van der Waals surface area (Å²) in [5.41, 5.74) is 0.932. The van der Waals surface area contributed by atoms with Crippen LogP contribution in [-0.4, -0.2) is 4.98 Å². The summed E-state index contributed by atoms with van der Waals surface area (Å²) in [7, 11) is 0. The number of fused-ring (bicyclic) bond motifs is 1. The van der Waals surface area contributed by atoms with Crippen LogP contribution in [0.2, 0.25) is 0 Å². The van der Waals surface area contributed by atoms with Gasteiger partial charge in [0.2, 0.25) is 0 Å². The lowest BCUT2D eigenvalue weighted by molar-refractivity contribution is 0.485. The van der Waals surface area contributed by atoms with E-state index in [2.05, 4.69) is 20.9 Å². The van der Waals surface area contributed by atoms with Crippen LogP contribution in [0, 0.1) is 0 Å². The van der Waals surface area contributed by atoms with Crippen molar-refractivity contribution in [2.75, 3.05) is 0 Å². The molecule has 0 saturated carbocycles. The molecule has 88 valence electrons. The second-order valence-corrected chi connectivity index (χ2v) is 4.71. The molecule has 0 amide bonds. The number of rotatable bonds is 2. The highest BCUT2D eigenvalue weighted by atomic mass is 79.9. The SMILES string of the molecule is Brc1ccccc1Oc1ccnc2ccccc12. The molecule has 2 nitrogen and oxygen atoms in total. The van der Waals surface area contributed by atoms with Gasteiger partial charge in [0.15, 0.2) is 0 Å². The van der Waals surface area contributed by atoms with Crippen LogP contribution in [0.15, 0.2) is 65.3 Å². The van der Waals surface area contributed by atoms with Gasteiger partial charge in [0, 0.05) is 11.6 Å². The van der Waals surface area contributed by atoms with Crippen LogP contribution in [0.25, 0.3) is 10.9 Å². The molecule has 0 fully saturated rings. The summed E-state index contributed by atoms with van der Waals surface area (Å²) in [6.45, 7) is 0. The third-order valence-corrected chi connectivity index (χ3v) is 3.32. The Labute approximate surface area is 113 Å². The van der Waals surface area contributed by atoms with Crippen LogP contribution in [0.1, 0.15) is 0 Å². The van der Waals surface area contributed by atoms with Crippen LogP contribution >= 0.6 is 15.9 Å². The molecule has 3 heteroatoms. The summed E-state index contributed by atoms with van der Waals surface area (Å²) in [4.78, 5) is 4.31. The average molecular weight is 300 g/mol. The molecule has 2 aromatic carbocycles.